The Morgan fingerprint density at radius 2 is 1.92 bits per heavy atom. The largest absolute Gasteiger partial charge is 0.335 e. The Labute approximate surface area is 150 Å². The van der Waals surface area contributed by atoms with E-state index in [4.69, 9.17) is 0 Å². The first-order valence-electron chi connectivity index (χ1n) is 7.42. The van der Waals surface area contributed by atoms with Crippen molar-refractivity contribution in [2.45, 2.75) is 30.2 Å². The fourth-order valence-corrected chi connectivity index (χ4v) is 4.92. The molecule has 132 valence electrons. The van der Waals surface area contributed by atoms with E-state index < -0.39 is 16.1 Å². The lowest BCUT2D eigenvalue weighted by molar-refractivity contribution is 0.256. The number of anilines is 1. The van der Waals surface area contributed by atoms with Crippen molar-refractivity contribution < 1.29 is 13.2 Å². The van der Waals surface area contributed by atoms with E-state index in [0.29, 0.717) is 22.8 Å². The maximum atomic E-state index is 12.6. The summed E-state index contributed by atoms with van der Waals surface area (Å²) < 4.78 is 29.1. The van der Waals surface area contributed by atoms with E-state index in [2.05, 4.69) is 15.3 Å². The first kappa shape index (κ1) is 17.6. The highest BCUT2D eigenvalue weighted by Gasteiger charge is 2.28. The molecule has 10 heteroatoms. The summed E-state index contributed by atoms with van der Waals surface area (Å²) in [5.74, 6) is 0.0533. The monoisotopic (exact) mass is 379 g/mol. The van der Waals surface area contributed by atoms with Crippen LogP contribution in [-0.2, 0) is 16.6 Å². The van der Waals surface area contributed by atoms with Gasteiger partial charge in [0.2, 0.25) is 5.95 Å². The van der Waals surface area contributed by atoms with Crippen molar-refractivity contribution in [1.82, 2.24) is 19.0 Å². The van der Waals surface area contributed by atoms with Crippen LogP contribution in [0.25, 0.3) is 0 Å². The van der Waals surface area contributed by atoms with Gasteiger partial charge in [-0.25, -0.2) is 32.2 Å². The molecule has 2 aromatic rings. The molecule has 2 heterocycles. The van der Waals surface area contributed by atoms with Gasteiger partial charge in [0.25, 0.3) is 10.0 Å². The second-order valence-corrected chi connectivity index (χ2v) is 8.52. The fraction of sp³-hybridized carbons (Fsp3) is 0.267. The number of sulfonamides is 1. The average molecular weight is 379 g/mol. The van der Waals surface area contributed by atoms with Crippen molar-refractivity contribution >= 4 is 34.0 Å². The van der Waals surface area contributed by atoms with E-state index in [0.717, 1.165) is 5.56 Å². The number of carbonyl (C=O) groups is 1. The zero-order valence-corrected chi connectivity index (χ0v) is 15.5. The van der Waals surface area contributed by atoms with E-state index in [1.165, 1.54) is 18.0 Å². The Kier molecular flexibility index (Phi) is 4.67. The molecule has 0 aliphatic carbocycles. The molecule has 1 aromatic carbocycles. The van der Waals surface area contributed by atoms with Gasteiger partial charge in [0.15, 0.2) is 0 Å². The Balaban J connectivity index is 1.80. The van der Waals surface area contributed by atoms with Crippen LogP contribution in [0.1, 0.15) is 17.0 Å². The second kappa shape index (κ2) is 6.62. The fourth-order valence-electron chi connectivity index (χ4n) is 2.51. The number of nitrogens with one attached hydrogen (secondary N) is 2. The van der Waals surface area contributed by atoms with Crippen molar-refractivity contribution in [2.24, 2.45) is 0 Å². The highest BCUT2D eigenvalue weighted by Crippen LogP contribution is 2.38. The second-order valence-electron chi connectivity index (χ2n) is 5.66. The van der Waals surface area contributed by atoms with Crippen LogP contribution >= 0.6 is 11.9 Å². The topological polar surface area (TPSA) is 104 Å². The van der Waals surface area contributed by atoms with Crippen LogP contribution in [0.3, 0.4) is 0 Å². The van der Waals surface area contributed by atoms with Gasteiger partial charge in [0.05, 0.1) is 0 Å². The number of urea groups is 1. The maximum Gasteiger partial charge on any atom is 0.335 e. The maximum absolute atomic E-state index is 12.6. The van der Waals surface area contributed by atoms with Crippen LogP contribution in [0.5, 0.6) is 0 Å². The van der Waals surface area contributed by atoms with Gasteiger partial charge in [-0.2, -0.15) is 0 Å². The zero-order valence-electron chi connectivity index (χ0n) is 13.9. The summed E-state index contributed by atoms with van der Waals surface area (Å²) in [5.41, 5.74) is 2.25. The minimum absolute atomic E-state index is 0.0533. The average Bonchev–Trinajstić information content (AvgIpc) is 2.84. The molecule has 3 rings (SSSR count). The summed E-state index contributed by atoms with van der Waals surface area (Å²) in [6.07, 6.45) is 0. The van der Waals surface area contributed by atoms with E-state index in [1.54, 1.807) is 26.0 Å². The van der Waals surface area contributed by atoms with Gasteiger partial charge in [-0.05, 0) is 50.5 Å². The SMILES string of the molecule is Cc1cc(C)nc(NC(=O)NS(=O)(=O)c2cccc3c2SN(C)C3)n1. The zero-order chi connectivity index (χ0) is 18.2. The molecule has 2 N–H and O–H groups in total. The predicted molar refractivity (Wildman–Crippen MR) is 94.6 cm³/mol. The van der Waals surface area contributed by atoms with E-state index in [1.807, 2.05) is 22.1 Å². The van der Waals surface area contributed by atoms with Crippen molar-refractivity contribution in [3.63, 3.8) is 0 Å². The molecule has 0 atom stereocenters. The molecule has 0 saturated carbocycles. The molecule has 0 saturated heterocycles. The molecular formula is C15H17N5O3S2. The Morgan fingerprint density at radius 1 is 1.24 bits per heavy atom. The summed E-state index contributed by atoms with van der Waals surface area (Å²) in [6, 6.07) is 5.86. The van der Waals surface area contributed by atoms with Crippen molar-refractivity contribution in [3.8, 4) is 0 Å². The molecular weight excluding hydrogens is 362 g/mol. The summed E-state index contributed by atoms with van der Waals surface area (Å²) in [6.45, 7) is 4.16. The third-order valence-electron chi connectivity index (χ3n) is 3.42. The number of aromatic nitrogens is 2. The van der Waals surface area contributed by atoms with Crippen LogP contribution in [0.2, 0.25) is 0 Å². The molecule has 1 aliphatic heterocycles. The van der Waals surface area contributed by atoms with E-state index in [-0.39, 0.29) is 10.8 Å². The minimum atomic E-state index is -4.01. The first-order valence-corrected chi connectivity index (χ1v) is 9.67. The third kappa shape index (κ3) is 3.91. The Bertz CT molecular complexity index is 926. The lowest BCUT2D eigenvalue weighted by Crippen LogP contribution is -2.35. The number of nitrogens with zero attached hydrogens (tertiary/aromatic N) is 3. The van der Waals surface area contributed by atoms with Gasteiger partial charge >= 0.3 is 6.03 Å². The summed E-state index contributed by atoms with van der Waals surface area (Å²) in [7, 11) is -2.14. The number of fused-ring (bicyclic) bond motifs is 1. The predicted octanol–water partition coefficient (Wildman–Crippen LogP) is 2.06. The normalized spacial score (nSPS) is 14.2. The first-order chi connectivity index (χ1) is 11.7. The number of benzene rings is 1. The number of aryl methyl sites for hydroxylation is 2. The number of amides is 2. The standard InChI is InChI=1S/C15H17N5O3S2/c1-9-7-10(2)17-14(16-9)18-15(21)19-25(22,23)12-6-4-5-11-8-20(3)24-13(11)12/h4-7H,8H2,1-3H3,(H2,16,17,18,19,21). The van der Waals surface area contributed by atoms with E-state index in [9.17, 15) is 13.2 Å². The smallest absolute Gasteiger partial charge is 0.275 e. The van der Waals surface area contributed by atoms with Crippen LogP contribution in [-0.4, -0.2) is 35.8 Å². The third-order valence-corrected chi connectivity index (χ3v) is 6.03. The molecule has 0 radical (unpaired) electrons. The lowest BCUT2D eigenvalue weighted by Gasteiger charge is -2.11. The van der Waals surface area contributed by atoms with Crippen LogP contribution < -0.4 is 10.0 Å². The molecule has 1 aliphatic rings. The van der Waals surface area contributed by atoms with Gasteiger partial charge in [-0.3, -0.25) is 5.32 Å². The summed E-state index contributed by atoms with van der Waals surface area (Å²) in [4.78, 5) is 20.9. The van der Waals surface area contributed by atoms with Crippen LogP contribution in [0.4, 0.5) is 10.7 Å². The molecule has 0 unspecified atom stereocenters. The summed E-state index contributed by atoms with van der Waals surface area (Å²) >= 11 is 1.34. The summed E-state index contributed by atoms with van der Waals surface area (Å²) in [5, 5.41) is 2.36. The molecule has 0 fully saturated rings. The van der Waals surface area contributed by atoms with Crippen molar-refractivity contribution in [3.05, 3.63) is 41.2 Å². The quantitative estimate of drug-likeness (QED) is 0.787. The molecule has 8 nitrogen and oxygen atoms in total. The van der Waals surface area contributed by atoms with Crippen molar-refractivity contribution in [2.75, 3.05) is 12.4 Å². The van der Waals surface area contributed by atoms with Gasteiger partial charge in [0.1, 0.15) is 4.90 Å². The molecule has 1 aromatic heterocycles. The molecule has 25 heavy (non-hydrogen) atoms. The number of hydrogen-bond acceptors (Lipinski definition) is 7. The van der Waals surface area contributed by atoms with Crippen LogP contribution in [0, 0.1) is 13.8 Å². The van der Waals surface area contributed by atoms with Gasteiger partial charge < -0.3 is 0 Å². The number of rotatable bonds is 3. The molecule has 0 bridgehead atoms. The van der Waals surface area contributed by atoms with Gasteiger partial charge in [-0.1, -0.05) is 12.1 Å². The highest BCUT2D eigenvalue weighted by atomic mass is 32.2. The van der Waals surface area contributed by atoms with Gasteiger partial charge in [0, 0.05) is 22.8 Å². The highest BCUT2D eigenvalue weighted by molar-refractivity contribution is 7.98. The number of carbonyl (C=O) groups excluding carboxylic acids is 1. The van der Waals surface area contributed by atoms with Gasteiger partial charge in [-0.15, -0.1) is 0 Å². The minimum Gasteiger partial charge on any atom is -0.275 e. The van der Waals surface area contributed by atoms with Crippen LogP contribution in [0.15, 0.2) is 34.1 Å². The molecule has 2 amide bonds. The van der Waals surface area contributed by atoms with E-state index >= 15 is 0 Å². The Hall–Kier alpha value is -2.17. The Morgan fingerprint density at radius 3 is 2.60 bits per heavy atom. The number of hydrogen-bond donors (Lipinski definition) is 2. The lowest BCUT2D eigenvalue weighted by atomic mass is 10.2. The molecule has 0 spiro atoms. The van der Waals surface area contributed by atoms with Crippen molar-refractivity contribution in [1.29, 1.82) is 0 Å².